The van der Waals surface area contributed by atoms with Gasteiger partial charge in [-0.1, -0.05) is 0 Å². The summed E-state index contributed by atoms with van der Waals surface area (Å²) in [6, 6.07) is 4.73. The minimum atomic E-state index is -0.850. The predicted molar refractivity (Wildman–Crippen MR) is 89.5 cm³/mol. The summed E-state index contributed by atoms with van der Waals surface area (Å²) in [6.45, 7) is 3.33. The largest absolute Gasteiger partial charge is 0.618 e. The van der Waals surface area contributed by atoms with Crippen LogP contribution in [0.15, 0.2) is 18.2 Å². The van der Waals surface area contributed by atoms with Crippen LogP contribution in [-0.4, -0.2) is 43.9 Å². The van der Waals surface area contributed by atoms with E-state index in [4.69, 9.17) is 14.2 Å². The molecule has 0 fully saturated rings. The lowest BCUT2D eigenvalue weighted by molar-refractivity contribution is -0.581. The molecule has 2 rings (SSSR count). The summed E-state index contributed by atoms with van der Waals surface area (Å²) in [5.74, 6) is -1.02. The summed E-state index contributed by atoms with van der Waals surface area (Å²) in [5.41, 5.74) is 0.137. The molecule has 9 nitrogen and oxygen atoms in total. The fraction of sp³-hybridized carbons (Fsp3) is 0.412. The number of carbonyl (C=O) groups excluding carboxylic acids is 2. The molecule has 0 radical (unpaired) electrons. The van der Waals surface area contributed by atoms with Crippen LogP contribution < -0.4 is 9.47 Å². The maximum absolute atomic E-state index is 12.7. The van der Waals surface area contributed by atoms with E-state index in [1.165, 1.54) is 13.2 Å². The molecule has 1 heterocycles. The number of benzene rings is 1. The van der Waals surface area contributed by atoms with Crippen LogP contribution in [0, 0.1) is 5.21 Å². The predicted octanol–water partition coefficient (Wildman–Crippen LogP) is 1.13. The molecular weight excluding hydrogens is 344 g/mol. The second kappa shape index (κ2) is 8.95. The van der Waals surface area contributed by atoms with Crippen molar-refractivity contribution in [1.29, 1.82) is 0 Å². The second-order valence-corrected chi connectivity index (χ2v) is 5.10. The molecule has 140 valence electrons. The van der Waals surface area contributed by atoms with Gasteiger partial charge < -0.3 is 24.2 Å². The van der Waals surface area contributed by atoms with Crippen molar-refractivity contribution in [1.82, 2.24) is 4.98 Å². The lowest BCUT2D eigenvalue weighted by atomic mass is 10.2. The minimum Gasteiger partial charge on any atom is -0.618 e. The van der Waals surface area contributed by atoms with Crippen LogP contribution in [0.2, 0.25) is 0 Å². The third kappa shape index (κ3) is 4.37. The van der Waals surface area contributed by atoms with Gasteiger partial charge in [-0.05, 0) is 26.0 Å². The van der Waals surface area contributed by atoms with Gasteiger partial charge in [0.25, 0.3) is 0 Å². The third-order valence-electron chi connectivity index (χ3n) is 3.31. The van der Waals surface area contributed by atoms with Gasteiger partial charge in [-0.15, -0.1) is 0 Å². The first-order valence-electron chi connectivity index (χ1n) is 8.02. The molecule has 0 aliphatic rings. The van der Waals surface area contributed by atoms with Crippen molar-refractivity contribution in [2.24, 2.45) is 0 Å². The SMILES string of the molecule is CCOC(=O)c1c(COC(=O)COC)nc2ccc(OCC)cc2[n+]1[O-]. The Morgan fingerprint density at radius 1 is 1.19 bits per heavy atom. The number of esters is 2. The molecule has 0 aliphatic heterocycles. The molecular formula is C17H20N2O7. The highest BCUT2D eigenvalue weighted by atomic mass is 16.6. The van der Waals surface area contributed by atoms with Gasteiger partial charge in [0.1, 0.15) is 24.5 Å². The Morgan fingerprint density at radius 3 is 2.62 bits per heavy atom. The van der Waals surface area contributed by atoms with Crippen molar-refractivity contribution < 1.29 is 33.3 Å². The molecule has 0 amide bonds. The molecule has 1 aromatic heterocycles. The van der Waals surface area contributed by atoms with E-state index in [9.17, 15) is 14.8 Å². The first-order chi connectivity index (χ1) is 12.5. The van der Waals surface area contributed by atoms with E-state index in [-0.39, 0.29) is 36.7 Å². The summed E-state index contributed by atoms with van der Waals surface area (Å²) in [6.07, 6.45) is 0. The number of carbonyl (C=O) groups is 2. The van der Waals surface area contributed by atoms with Crippen molar-refractivity contribution in [2.45, 2.75) is 20.5 Å². The van der Waals surface area contributed by atoms with Gasteiger partial charge in [0.05, 0.1) is 19.3 Å². The fourth-order valence-corrected chi connectivity index (χ4v) is 2.26. The lowest BCUT2D eigenvalue weighted by Gasteiger charge is -2.12. The van der Waals surface area contributed by atoms with Crippen molar-refractivity contribution in [3.05, 3.63) is 34.8 Å². The Labute approximate surface area is 150 Å². The normalized spacial score (nSPS) is 10.6. The lowest BCUT2D eigenvalue weighted by Crippen LogP contribution is -2.39. The van der Waals surface area contributed by atoms with Crippen molar-refractivity contribution >= 4 is 23.0 Å². The Kier molecular flexibility index (Phi) is 6.67. The summed E-state index contributed by atoms with van der Waals surface area (Å²) in [4.78, 5) is 28.0. The molecule has 0 spiro atoms. The monoisotopic (exact) mass is 364 g/mol. The van der Waals surface area contributed by atoms with Gasteiger partial charge in [0.2, 0.25) is 5.52 Å². The zero-order chi connectivity index (χ0) is 19.1. The topological polar surface area (TPSA) is 111 Å². The van der Waals surface area contributed by atoms with E-state index in [0.717, 1.165) is 0 Å². The molecule has 0 aliphatic carbocycles. The molecule has 1 aromatic carbocycles. The Morgan fingerprint density at radius 2 is 1.96 bits per heavy atom. The maximum Gasteiger partial charge on any atom is 0.407 e. The first-order valence-corrected chi connectivity index (χ1v) is 8.02. The van der Waals surface area contributed by atoms with Crippen LogP contribution in [-0.2, 0) is 25.6 Å². The second-order valence-electron chi connectivity index (χ2n) is 5.10. The molecule has 0 N–H and O–H groups in total. The zero-order valence-electron chi connectivity index (χ0n) is 14.8. The molecule has 0 saturated heterocycles. The molecule has 0 saturated carbocycles. The highest BCUT2D eigenvalue weighted by Gasteiger charge is 2.28. The number of hydrogen-bond donors (Lipinski definition) is 0. The van der Waals surface area contributed by atoms with Crippen LogP contribution in [0.5, 0.6) is 5.75 Å². The number of nitrogens with zero attached hydrogens (tertiary/aromatic N) is 2. The number of hydrogen-bond acceptors (Lipinski definition) is 8. The molecule has 0 bridgehead atoms. The highest BCUT2D eigenvalue weighted by Crippen LogP contribution is 2.19. The molecule has 26 heavy (non-hydrogen) atoms. The standard InChI is InChI=1S/C17H20N2O7/c1-4-24-11-6-7-12-14(8-11)19(22)16(17(21)25-5-2)13(18-12)9-26-15(20)10-23-3/h6-8H,4-5,9-10H2,1-3H3. The van der Waals surface area contributed by atoms with Crippen LogP contribution in [0.4, 0.5) is 0 Å². The minimum absolute atomic E-state index is 0.000405. The van der Waals surface area contributed by atoms with E-state index in [1.807, 2.05) is 6.92 Å². The van der Waals surface area contributed by atoms with Gasteiger partial charge in [0.15, 0.2) is 5.69 Å². The van der Waals surface area contributed by atoms with Gasteiger partial charge in [0, 0.05) is 7.11 Å². The summed E-state index contributed by atoms with van der Waals surface area (Å²) in [7, 11) is 1.35. The van der Waals surface area contributed by atoms with E-state index in [2.05, 4.69) is 9.72 Å². The average Bonchev–Trinajstić information content (AvgIpc) is 2.61. The number of aromatic nitrogens is 2. The molecule has 0 atom stereocenters. The highest BCUT2D eigenvalue weighted by molar-refractivity contribution is 5.88. The summed E-state index contributed by atoms with van der Waals surface area (Å²) in [5, 5.41) is 12.7. The maximum atomic E-state index is 12.7. The van der Waals surface area contributed by atoms with E-state index >= 15 is 0 Å². The fourth-order valence-electron chi connectivity index (χ4n) is 2.26. The summed E-state index contributed by atoms with van der Waals surface area (Å²) >= 11 is 0. The summed E-state index contributed by atoms with van der Waals surface area (Å²) < 4.78 is 20.4. The van der Waals surface area contributed by atoms with Crippen molar-refractivity contribution in [3.63, 3.8) is 0 Å². The van der Waals surface area contributed by atoms with Crippen molar-refractivity contribution in [2.75, 3.05) is 26.9 Å². The van der Waals surface area contributed by atoms with Crippen molar-refractivity contribution in [3.8, 4) is 5.75 Å². The van der Waals surface area contributed by atoms with Crippen LogP contribution in [0.25, 0.3) is 11.0 Å². The van der Waals surface area contributed by atoms with Gasteiger partial charge >= 0.3 is 17.6 Å². The Balaban J connectivity index is 2.50. The van der Waals surface area contributed by atoms with E-state index in [1.54, 1.807) is 19.1 Å². The van der Waals surface area contributed by atoms with E-state index in [0.29, 0.717) is 22.6 Å². The smallest absolute Gasteiger partial charge is 0.407 e. The van der Waals surface area contributed by atoms with Gasteiger partial charge in [-0.25, -0.2) is 14.6 Å². The molecule has 2 aromatic rings. The average molecular weight is 364 g/mol. The Bertz CT molecular complexity index is 807. The third-order valence-corrected chi connectivity index (χ3v) is 3.31. The molecule has 9 heteroatoms. The number of rotatable bonds is 8. The molecule has 0 unspecified atom stereocenters. The van der Waals surface area contributed by atoms with Gasteiger partial charge in [-0.3, -0.25) is 0 Å². The van der Waals surface area contributed by atoms with Crippen LogP contribution in [0.3, 0.4) is 0 Å². The van der Waals surface area contributed by atoms with Crippen LogP contribution in [0.1, 0.15) is 30.0 Å². The van der Waals surface area contributed by atoms with Crippen LogP contribution >= 0.6 is 0 Å². The quantitative estimate of drug-likeness (QED) is 0.389. The zero-order valence-corrected chi connectivity index (χ0v) is 14.8. The number of ether oxygens (including phenoxy) is 4. The Hall–Kier alpha value is -2.94. The first kappa shape index (κ1) is 19.4. The number of fused-ring (bicyclic) bond motifs is 1. The van der Waals surface area contributed by atoms with E-state index < -0.39 is 11.9 Å². The van der Waals surface area contributed by atoms with Gasteiger partial charge in [-0.2, -0.15) is 4.73 Å². The number of methoxy groups -OCH3 is 1.